The third-order valence-electron chi connectivity index (χ3n) is 6.62. The van der Waals surface area contributed by atoms with E-state index in [4.69, 9.17) is 9.84 Å². The molecule has 2 aliphatic rings. The molecule has 28 heavy (non-hydrogen) atoms. The Morgan fingerprint density at radius 1 is 1.18 bits per heavy atom. The van der Waals surface area contributed by atoms with Gasteiger partial charge in [0.2, 0.25) is 0 Å². The van der Waals surface area contributed by atoms with Crippen molar-refractivity contribution >= 4 is 5.97 Å². The van der Waals surface area contributed by atoms with E-state index < -0.39 is 5.97 Å². The monoisotopic (exact) mass is 386 g/mol. The van der Waals surface area contributed by atoms with Gasteiger partial charge in [0.15, 0.2) is 0 Å². The fraction of sp³-hybridized carbons (Fsp3) is 0.625. The van der Waals surface area contributed by atoms with Crippen LogP contribution in [0.5, 0.6) is 0 Å². The van der Waals surface area contributed by atoms with Crippen molar-refractivity contribution in [3.63, 3.8) is 0 Å². The van der Waals surface area contributed by atoms with Crippen molar-refractivity contribution in [1.82, 2.24) is 0 Å². The molecule has 2 saturated heterocycles. The molecule has 4 heteroatoms. The van der Waals surface area contributed by atoms with E-state index >= 15 is 0 Å². The van der Waals surface area contributed by atoms with Crippen LogP contribution in [0, 0.1) is 11.8 Å². The van der Waals surface area contributed by atoms with E-state index in [1.165, 1.54) is 5.56 Å². The summed E-state index contributed by atoms with van der Waals surface area (Å²) < 4.78 is 6.19. The van der Waals surface area contributed by atoms with Crippen LogP contribution in [0.15, 0.2) is 42.5 Å². The molecule has 0 saturated carbocycles. The van der Waals surface area contributed by atoms with E-state index in [9.17, 15) is 9.90 Å². The molecule has 0 amide bonds. The second-order valence-corrected chi connectivity index (χ2v) is 8.46. The molecule has 154 valence electrons. The number of carboxylic acid groups (broad SMARTS) is 1. The highest BCUT2D eigenvalue weighted by Gasteiger charge is 2.47. The molecule has 2 fully saturated rings. The number of benzene rings is 1. The summed E-state index contributed by atoms with van der Waals surface area (Å²) in [5, 5.41) is 19.4. The van der Waals surface area contributed by atoms with Crippen molar-refractivity contribution in [3.8, 4) is 0 Å². The summed E-state index contributed by atoms with van der Waals surface area (Å²) in [6, 6.07) is 10.2. The molecular formula is C24H34O4. The smallest absolute Gasteiger partial charge is 0.303 e. The third-order valence-corrected chi connectivity index (χ3v) is 6.62. The van der Waals surface area contributed by atoms with Crippen LogP contribution in [0.1, 0.15) is 69.8 Å². The largest absolute Gasteiger partial charge is 0.481 e. The number of carboxylic acids is 1. The van der Waals surface area contributed by atoms with Crippen molar-refractivity contribution in [2.24, 2.45) is 11.8 Å². The highest BCUT2D eigenvalue weighted by atomic mass is 16.5. The fourth-order valence-electron chi connectivity index (χ4n) is 4.93. The van der Waals surface area contributed by atoms with Gasteiger partial charge in [-0.1, -0.05) is 49.4 Å². The minimum Gasteiger partial charge on any atom is -0.481 e. The number of carbonyl (C=O) groups is 1. The molecule has 2 bridgehead atoms. The Morgan fingerprint density at radius 3 is 2.61 bits per heavy atom. The van der Waals surface area contributed by atoms with Gasteiger partial charge in [0.1, 0.15) is 0 Å². The molecule has 0 radical (unpaired) electrons. The number of hydrogen-bond acceptors (Lipinski definition) is 3. The number of fused-ring (bicyclic) bond motifs is 2. The van der Waals surface area contributed by atoms with E-state index in [1.54, 1.807) is 0 Å². The summed E-state index contributed by atoms with van der Waals surface area (Å²) in [4.78, 5) is 10.6. The molecule has 3 rings (SSSR count). The van der Waals surface area contributed by atoms with Gasteiger partial charge in [0.25, 0.3) is 0 Å². The summed E-state index contributed by atoms with van der Waals surface area (Å²) in [7, 11) is 0. The van der Waals surface area contributed by atoms with Crippen LogP contribution in [0.4, 0.5) is 0 Å². The zero-order chi connectivity index (χ0) is 19.9. The Kier molecular flexibility index (Phi) is 7.69. The second kappa shape index (κ2) is 10.2. The van der Waals surface area contributed by atoms with Crippen molar-refractivity contribution in [2.75, 3.05) is 0 Å². The van der Waals surface area contributed by atoms with Gasteiger partial charge in [0, 0.05) is 12.3 Å². The van der Waals surface area contributed by atoms with Crippen molar-refractivity contribution < 1.29 is 19.7 Å². The topological polar surface area (TPSA) is 66.8 Å². The summed E-state index contributed by atoms with van der Waals surface area (Å²) in [6.07, 6.45) is 11.6. The lowest BCUT2D eigenvalue weighted by Crippen LogP contribution is -2.28. The first-order valence-corrected chi connectivity index (χ1v) is 10.8. The first kappa shape index (κ1) is 21.1. The van der Waals surface area contributed by atoms with Gasteiger partial charge in [-0.2, -0.15) is 0 Å². The molecular weight excluding hydrogens is 352 g/mol. The zero-order valence-corrected chi connectivity index (χ0v) is 16.9. The molecule has 2 aliphatic heterocycles. The van der Waals surface area contributed by atoms with Gasteiger partial charge >= 0.3 is 5.97 Å². The van der Waals surface area contributed by atoms with Crippen LogP contribution in [-0.4, -0.2) is 34.5 Å². The Labute approximate surface area is 168 Å². The standard InChI is InChI=1S/C24H34O4/c1-17(18-9-5-4-6-10-18)21(25)14-13-20-19(22-15-16-23(20)28-22)11-7-2-3-8-12-24(26)27/h2,4-7,9-10,17,19-23,25H,3,8,11-16H2,1H3,(H,26,27)/b7-2-/t17?,19-,20+,21?,22-,23+/m0/s1. The SMILES string of the molecule is CC(c1ccccc1)C(O)CC[C@@H]1[C@H](C/C=C\CCCC(=O)O)[C@@H]2CC[C@H]1O2. The van der Waals surface area contributed by atoms with Gasteiger partial charge in [-0.3, -0.25) is 4.79 Å². The number of rotatable bonds is 11. The normalized spacial score (nSPS) is 28.6. The first-order chi connectivity index (χ1) is 13.6. The predicted octanol–water partition coefficient (Wildman–Crippen LogP) is 4.93. The number of aliphatic carboxylic acids is 1. The van der Waals surface area contributed by atoms with Gasteiger partial charge in [-0.25, -0.2) is 0 Å². The van der Waals surface area contributed by atoms with Crippen LogP contribution >= 0.6 is 0 Å². The van der Waals surface area contributed by atoms with Crippen LogP contribution in [0.3, 0.4) is 0 Å². The summed E-state index contributed by atoms with van der Waals surface area (Å²) in [6.45, 7) is 2.11. The minimum atomic E-state index is -0.724. The van der Waals surface area contributed by atoms with Crippen LogP contribution < -0.4 is 0 Å². The van der Waals surface area contributed by atoms with Gasteiger partial charge in [-0.15, -0.1) is 0 Å². The number of aliphatic hydroxyl groups excluding tert-OH is 1. The number of ether oxygens (including phenoxy) is 1. The average Bonchev–Trinajstić information content (AvgIpc) is 3.30. The lowest BCUT2D eigenvalue weighted by Gasteiger charge is -2.29. The lowest BCUT2D eigenvalue weighted by atomic mass is 9.74. The lowest BCUT2D eigenvalue weighted by molar-refractivity contribution is -0.137. The molecule has 6 atom stereocenters. The van der Waals surface area contributed by atoms with Crippen LogP contribution in [-0.2, 0) is 9.53 Å². The number of unbranched alkanes of at least 4 members (excludes halogenated alkanes) is 1. The second-order valence-electron chi connectivity index (χ2n) is 8.46. The first-order valence-electron chi connectivity index (χ1n) is 10.8. The Hall–Kier alpha value is -1.65. The number of allylic oxidation sites excluding steroid dienone is 2. The molecule has 1 aromatic rings. The number of hydrogen-bond donors (Lipinski definition) is 2. The van der Waals surface area contributed by atoms with Gasteiger partial charge < -0.3 is 14.9 Å². The molecule has 2 unspecified atom stereocenters. The van der Waals surface area contributed by atoms with Crippen LogP contribution in [0.2, 0.25) is 0 Å². The quantitative estimate of drug-likeness (QED) is 0.418. The molecule has 0 aliphatic carbocycles. The Morgan fingerprint density at radius 2 is 1.89 bits per heavy atom. The summed E-state index contributed by atoms with van der Waals surface area (Å²) in [5.41, 5.74) is 1.19. The predicted molar refractivity (Wildman–Crippen MR) is 110 cm³/mol. The molecule has 2 heterocycles. The fourth-order valence-corrected chi connectivity index (χ4v) is 4.93. The third kappa shape index (κ3) is 5.45. The molecule has 2 N–H and O–H groups in total. The van der Waals surface area contributed by atoms with E-state index in [0.717, 1.165) is 38.5 Å². The molecule has 0 aromatic heterocycles. The van der Waals surface area contributed by atoms with Gasteiger partial charge in [-0.05, 0) is 62.3 Å². The highest BCUT2D eigenvalue weighted by Crippen LogP contribution is 2.47. The zero-order valence-electron chi connectivity index (χ0n) is 16.9. The molecule has 1 aromatic carbocycles. The molecule has 0 spiro atoms. The van der Waals surface area contributed by atoms with Crippen LogP contribution in [0.25, 0.3) is 0 Å². The minimum absolute atomic E-state index is 0.147. The number of aliphatic hydroxyl groups is 1. The van der Waals surface area contributed by atoms with E-state index in [-0.39, 0.29) is 18.4 Å². The van der Waals surface area contributed by atoms with Crippen molar-refractivity contribution in [1.29, 1.82) is 0 Å². The maximum Gasteiger partial charge on any atom is 0.303 e. The van der Waals surface area contributed by atoms with E-state index in [2.05, 4.69) is 31.2 Å². The average molecular weight is 387 g/mol. The maximum absolute atomic E-state index is 10.7. The van der Waals surface area contributed by atoms with Gasteiger partial charge in [0.05, 0.1) is 18.3 Å². The maximum atomic E-state index is 10.7. The summed E-state index contributed by atoms with van der Waals surface area (Å²) in [5.74, 6) is 0.486. The Bertz CT molecular complexity index is 641. The van der Waals surface area contributed by atoms with E-state index in [1.807, 2.05) is 18.2 Å². The highest BCUT2D eigenvalue weighted by molar-refractivity contribution is 5.66. The molecule has 4 nitrogen and oxygen atoms in total. The van der Waals surface area contributed by atoms with Crippen molar-refractivity contribution in [3.05, 3.63) is 48.0 Å². The summed E-state index contributed by atoms with van der Waals surface area (Å²) >= 11 is 0. The Balaban J connectivity index is 1.47. The van der Waals surface area contributed by atoms with Crippen molar-refractivity contribution in [2.45, 2.75) is 82.5 Å². The van der Waals surface area contributed by atoms with E-state index in [0.29, 0.717) is 30.5 Å².